The monoisotopic (exact) mass is 583 g/mol. The molecule has 0 spiro atoms. The van der Waals surface area contributed by atoms with Gasteiger partial charge in [-0.25, -0.2) is 8.42 Å². The Morgan fingerprint density at radius 3 is 2.02 bits per heavy atom. The van der Waals surface area contributed by atoms with E-state index in [2.05, 4.69) is 5.32 Å². The minimum atomic E-state index is -4.11. The van der Waals surface area contributed by atoms with Crippen LogP contribution in [0.2, 0.25) is 5.02 Å². The maximum absolute atomic E-state index is 14.1. The zero-order chi connectivity index (χ0) is 29.4. The molecule has 0 aliphatic rings. The molecular formula is C31H38ClN3O4S. The third-order valence-electron chi connectivity index (χ3n) is 6.58. The van der Waals surface area contributed by atoms with Gasteiger partial charge >= 0.3 is 0 Å². The minimum absolute atomic E-state index is 0.0540. The van der Waals surface area contributed by atoms with Crippen LogP contribution >= 0.6 is 11.6 Å². The molecule has 40 heavy (non-hydrogen) atoms. The van der Waals surface area contributed by atoms with Gasteiger partial charge in [-0.15, -0.1) is 0 Å². The molecule has 214 valence electrons. The van der Waals surface area contributed by atoms with Gasteiger partial charge in [0.2, 0.25) is 11.8 Å². The Morgan fingerprint density at radius 1 is 0.900 bits per heavy atom. The fourth-order valence-corrected chi connectivity index (χ4v) is 5.84. The van der Waals surface area contributed by atoms with Crippen LogP contribution in [0.15, 0.2) is 77.7 Å². The lowest BCUT2D eigenvalue weighted by Gasteiger charge is -2.33. The lowest BCUT2D eigenvalue weighted by atomic mass is 10.1. The van der Waals surface area contributed by atoms with Crippen LogP contribution in [0.5, 0.6) is 0 Å². The van der Waals surface area contributed by atoms with Crippen LogP contribution in [0, 0.1) is 19.8 Å². The van der Waals surface area contributed by atoms with Crippen molar-refractivity contribution in [2.24, 2.45) is 5.92 Å². The van der Waals surface area contributed by atoms with E-state index in [0.29, 0.717) is 29.2 Å². The zero-order valence-electron chi connectivity index (χ0n) is 23.7. The molecule has 0 saturated carbocycles. The molecule has 0 fully saturated rings. The summed E-state index contributed by atoms with van der Waals surface area (Å²) in [6.07, 6.45) is 0.343. The highest BCUT2D eigenvalue weighted by Crippen LogP contribution is 2.26. The summed E-state index contributed by atoms with van der Waals surface area (Å²) in [4.78, 5) is 28.9. The summed E-state index contributed by atoms with van der Waals surface area (Å²) >= 11 is 6.44. The molecule has 0 bridgehead atoms. The Bertz CT molecular complexity index is 1410. The molecule has 0 aliphatic carbocycles. The number of benzene rings is 3. The average molecular weight is 584 g/mol. The van der Waals surface area contributed by atoms with E-state index < -0.39 is 28.5 Å². The maximum Gasteiger partial charge on any atom is 0.264 e. The molecule has 0 radical (unpaired) electrons. The summed E-state index contributed by atoms with van der Waals surface area (Å²) in [5, 5.41) is 3.38. The molecule has 0 heterocycles. The van der Waals surface area contributed by atoms with E-state index in [0.717, 1.165) is 15.4 Å². The molecule has 0 aliphatic heterocycles. The smallest absolute Gasteiger partial charge is 0.264 e. The lowest BCUT2D eigenvalue weighted by molar-refractivity contribution is -0.140. The van der Waals surface area contributed by atoms with Gasteiger partial charge < -0.3 is 10.2 Å². The standard InChI is InChI=1S/C31H38ClN3O4S/c1-6-29(31(37)33-19-22(2)3)34(20-25-9-7-8-10-28(25)32)30(36)21-35(26-15-11-23(4)12-16-26)40(38,39)27-17-13-24(5)14-18-27/h7-18,22,29H,6,19-21H2,1-5H3,(H,33,37). The first-order chi connectivity index (χ1) is 18.9. The van der Waals surface area contributed by atoms with Crippen molar-refractivity contribution in [2.45, 2.75) is 58.5 Å². The molecule has 1 atom stereocenters. The number of amides is 2. The van der Waals surface area contributed by atoms with Gasteiger partial charge in [0.25, 0.3) is 10.0 Å². The molecule has 7 nitrogen and oxygen atoms in total. The van der Waals surface area contributed by atoms with E-state index in [1.54, 1.807) is 54.6 Å². The molecule has 9 heteroatoms. The van der Waals surface area contributed by atoms with E-state index >= 15 is 0 Å². The number of nitrogens with one attached hydrogen (secondary N) is 1. The number of aryl methyl sites for hydroxylation is 2. The molecule has 0 aromatic heterocycles. The van der Waals surface area contributed by atoms with Crippen molar-refractivity contribution in [1.82, 2.24) is 10.2 Å². The Hall–Kier alpha value is -3.36. The van der Waals surface area contributed by atoms with Crippen molar-refractivity contribution in [1.29, 1.82) is 0 Å². The average Bonchev–Trinajstić information content (AvgIpc) is 2.92. The number of sulfonamides is 1. The Balaban J connectivity index is 2.05. The maximum atomic E-state index is 14.1. The van der Waals surface area contributed by atoms with Gasteiger partial charge in [0, 0.05) is 18.1 Å². The number of hydrogen-bond acceptors (Lipinski definition) is 4. The molecule has 2 amide bonds. The van der Waals surface area contributed by atoms with Gasteiger partial charge in [-0.1, -0.05) is 86.0 Å². The zero-order valence-corrected chi connectivity index (χ0v) is 25.3. The first-order valence-corrected chi connectivity index (χ1v) is 15.2. The molecule has 1 unspecified atom stereocenters. The molecular weight excluding hydrogens is 546 g/mol. The number of carbonyl (C=O) groups is 2. The lowest BCUT2D eigenvalue weighted by Crippen LogP contribution is -2.52. The normalized spacial score (nSPS) is 12.2. The van der Waals surface area contributed by atoms with Crippen LogP contribution in [0.4, 0.5) is 5.69 Å². The van der Waals surface area contributed by atoms with E-state index in [4.69, 9.17) is 11.6 Å². The Morgan fingerprint density at radius 2 is 1.48 bits per heavy atom. The second-order valence-electron chi connectivity index (χ2n) is 10.3. The molecule has 1 N–H and O–H groups in total. The number of carbonyl (C=O) groups excluding carboxylic acids is 2. The first kappa shape index (κ1) is 31.2. The van der Waals surface area contributed by atoms with Crippen LogP contribution in [0.3, 0.4) is 0 Å². The second kappa shape index (κ2) is 13.8. The molecule has 3 aromatic rings. The van der Waals surface area contributed by atoms with Crippen LogP contribution in [-0.4, -0.2) is 44.3 Å². The van der Waals surface area contributed by atoms with E-state index in [1.165, 1.54) is 17.0 Å². The van der Waals surface area contributed by atoms with Crippen LogP contribution in [0.25, 0.3) is 0 Å². The quantitative estimate of drug-likeness (QED) is 0.295. The topological polar surface area (TPSA) is 86.8 Å². The van der Waals surface area contributed by atoms with E-state index in [1.807, 2.05) is 40.7 Å². The highest BCUT2D eigenvalue weighted by molar-refractivity contribution is 7.92. The number of anilines is 1. The van der Waals surface area contributed by atoms with E-state index in [9.17, 15) is 18.0 Å². The number of rotatable bonds is 12. The van der Waals surface area contributed by atoms with Gasteiger partial charge in [-0.2, -0.15) is 0 Å². The third kappa shape index (κ3) is 7.86. The van der Waals surface area contributed by atoms with Gasteiger partial charge in [-0.3, -0.25) is 13.9 Å². The van der Waals surface area contributed by atoms with Crippen LogP contribution < -0.4 is 9.62 Å². The van der Waals surface area contributed by atoms with Gasteiger partial charge in [0.05, 0.1) is 10.6 Å². The third-order valence-corrected chi connectivity index (χ3v) is 8.74. The highest BCUT2D eigenvalue weighted by Gasteiger charge is 2.34. The van der Waals surface area contributed by atoms with Crippen molar-refractivity contribution in [2.75, 3.05) is 17.4 Å². The fourth-order valence-electron chi connectivity index (χ4n) is 4.23. The predicted molar refractivity (Wildman–Crippen MR) is 161 cm³/mol. The molecule has 0 saturated heterocycles. The Kier molecular flexibility index (Phi) is 10.8. The first-order valence-electron chi connectivity index (χ1n) is 13.4. The fraction of sp³-hybridized carbons (Fsp3) is 0.355. The van der Waals surface area contributed by atoms with Crippen LogP contribution in [-0.2, 0) is 26.2 Å². The number of hydrogen-bond donors (Lipinski definition) is 1. The van der Waals surface area contributed by atoms with Gasteiger partial charge in [0.15, 0.2) is 0 Å². The van der Waals surface area contributed by atoms with Crippen LogP contribution in [0.1, 0.15) is 43.9 Å². The summed E-state index contributed by atoms with van der Waals surface area (Å²) in [5.74, 6) is -0.575. The summed E-state index contributed by atoms with van der Waals surface area (Å²) in [6, 6.07) is 19.8. The summed E-state index contributed by atoms with van der Waals surface area (Å²) < 4.78 is 28.9. The summed E-state index contributed by atoms with van der Waals surface area (Å²) in [5.41, 5.74) is 2.89. The van der Waals surface area contributed by atoms with Crippen molar-refractivity contribution < 1.29 is 18.0 Å². The molecule has 3 aromatic carbocycles. The van der Waals surface area contributed by atoms with Gasteiger partial charge in [-0.05, 0) is 62.1 Å². The Labute approximate surface area is 243 Å². The van der Waals surface area contributed by atoms with Crippen molar-refractivity contribution in [3.8, 4) is 0 Å². The van der Waals surface area contributed by atoms with Crippen molar-refractivity contribution in [3.63, 3.8) is 0 Å². The van der Waals surface area contributed by atoms with Crippen molar-refractivity contribution in [3.05, 3.63) is 94.5 Å². The van der Waals surface area contributed by atoms with Gasteiger partial charge in [0.1, 0.15) is 12.6 Å². The van der Waals surface area contributed by atoms with Crippen molar-refractivity contribution >= 4 is 39.1 Å². The SMILES string of the molecule is CCC(C(=O)NCC(C)C)N(Cc1ccccc1Cl)C(=O)CN(c1ccc(C)cc1)S(=O)(=O)c1ccc(C)cc1. The predicted octanol–water partition coefficient (Wildman–Crippen LogP) is 5.73. The number of nitrogens with zero attached hydrogens (tertiary/aromatic N) is 2. The minimum Gasteiger partial charge on any atom is -0.354 e. The second-order valence-corrected chi connectivity index (χ2v) is 12.6. The number of halogens is 1. The summed E-state index contributed by atoms with van der Waals surface area (Å²) in [7, 11) is -4.11. The van der Waals surface area contributed by atoms with E-state index in [-0.39, 0.29) is 23.3 Å². The largest absolute Gasteiger partial charge is 0.354 e. The summed E-state index contributed by atoms with van der Waals surface area (Å²) in [6.45, 7) is 9.61. The molecule has 3 rings (SSSR count). The highest BCUT2D eigenvalue weighted by atomic mass is 35.5.